The number of carbonyl (C=O) groups excluding carboxylic acids is 1. The van der Waals surface area contributed by atoms with Gasteiger partial charge in [0.05, 0.1) is 36.1 Å². The molecular weight excluding hydrogens is 348 g/mol. The topological polar surface area (TPSA) is 95.1 Å². The third-order valence-electron chi connectivity index (χ3n) is 4.78. The number of amides is 1. The van der Waals surface area contributed by atoms with Gasteiger partial charge >= 0.3 is 0 Å². The number of benzene rings is 1. The number of hydrogen-bond acceptors (Lipinski definition) is 6. The molecule has 140 valence electrons. The normalized spacial score (nSPS) is 16.9. The molecule has 0 radical (unpaired) electrons. The summed E-state index contributed by atoms with van der Waals surface area (Å²) in [6.07, 6.45) is 4.08. The van der Waals surface area contributed by atoms with Crippen molar-refractivity contribution in [2.24, 2.45) is 0 Å². The van der Waals surface area contributed by atoms with Gasteiger partial charge in [-0.05, 0) is 18.6 Å². The van der Waals surface area contributed by atoms with Crippen LogP contribution >= 0.6 is 0 Å². The number of para-hydroxylation sites is 1. The first-order valence-electron chi connectivity index (χ1n) is 8.77. The van der Waals surface area contributed by atoms with Gasteiger partial charge in [0.25, 0.3) is 5.56 Å². The van der Waals surface area contributed by atoms with Crippen LogP contribution in [0, 0.1) is 0 Å². The number of nitrogens with zero attached hydrogens (tertiary/aromatic N) is 6. The first-order valence-corrected chi connectivity index (χ1v) is 8.77. The Morgan fingerprint density at radius 1 is 1.33 bits per heavy atom. The second kappa shape index (κ2) is 7.28. The average Bonchev–Trinajstić information content (AvgIpc) is 3.34. The van der Waals surface area contributed by atoms with Gasteiger partial charge in [-0.15, -0.1) is 5.10 Å². The van der Waals surface area contributed by atoms with E-state index in [0.717, 1.165) is 12.1 Å². The molecule has 1 fully saturated rings. The maximum absolute atomic E-state index is 12.7. The Balaban J connectivity index is 1.45. The molecule has 1 saturated heterocycles. The zero-order valence-corrected chi connectivity index (χ0v) is 15.0. The van der Waals surface area contributed by atoms with Crippen LogP contribution in [0.5, 0.6) is 0 Å². The molecule has 3 heterocycles. The predicted molar refractivity (Wildman–Crippen MR) is 97.0 cm³/mol. The largest absolute Gasteiger partial charge is 0.378 e. The molecule has 0 bridgehead atoms. The third kappa shape index (κ3) is 3.45. The molecule has 0 saturated carbocycles. The summed E-state index contributed by atoms with van der Waals surface area (Å²) in [4.78, 5) is 31.2. The Kier molecular flexibility index (Phi) is 4.68. The SMILES string of the molecule is COCc1cn([C@@H]2CCN(C(=O)Cn3cnc4ccccc4c3=O)C2)nn1. The molecule has 0 spiro atoms. The van der Waals surface area contributed by atoms with Crippen molar-refractivity contribution in [1.29, 1.82) is 0 Å². The van der Waals surface area contributed by atoms with Crippen LogP contribution in [0.25, 0.3) is 10.9 Å². The minimum absolute atomic E-state index is 0.0182. The van der Waals surface area contributed by atoms with Gasteiger partial charge in [0.2, 0.25) is 5.91 Å². The molecule has 1 aliphatic rings. The zero-order chi connectivity index (χ0) is 18.8. The highest BCUT2D eigenvalue weighted by Crippen LogP contribution is 2.21. The van der Waals surface area contributed by atoms with Gasteiger partial charge in [-0.1, -0.05) is 17.3 Å². The van der Waals surface area contributed by atoms with Gasteiger partial charge in [-0.3, -0.25) is 14.2 Å². The van der Waals surface area contributed by atoms with Crippen LogP contribution in [-0.2, 0) is 22.7 Å². The molecular formula is C18H20N6O3. The Morgan fingerprint density at radius 2 is 2.19 bits per heavy atom. The Morgan fingerprint density at radius 3 is 3.04 bits per heavy atom. The lowest BCUT2D eigenvalue weighted by atomic mass is 10.2. The van der Waals surface area contributed by atoms with Crippen LogP contribution in [0.3, 0.4) is 0 Å². The smallest absolute Gasteiger partial charge is 0.261 e. The van der Waals surface area contributed by atoms with E-state index < -0.39 is 0 Å². The minimum atomic E-state index is -0.204. The second-order valence-electron chi connectivity index (χ2n) is 6.60. The van der Waals surface area contributed by atoms with Crippen LogP contribution in [0.4, 0.5) is 0 Å². The van der Waals surface area contributed by atoms with E-state index in [0.29, 0.717) is 30.6 Å². The molecule has 0 aliphatic carbocycles. The fourth-order valence-corrected chi connectivity index (χ4v) is 3.35. The van der Waals surface area contributed by atoms with E-state index in [1.54, 1.807) is 34.9 Å². The van der Waals surface area contributed by atoms with Crippen LogP contribution in [0.1, 0.15) is 18.2 Å². The summed E-state index contributed by atoms with van der Waals surface area (Å²) in [5, 5.41) is 8.70. The lowest BCUT2D eigenvalue weighted by Gasteiger charge is -2.17. The van der Waals surface area contributed by atoms with Gasteiger partial charge in [-0.25, -0.2) is 9.67 Å². The molecule has 0 unspecified atom stereocenters. The number of carbonyl (C=O) groups is 1. The fraction of sp³-hybridized carbons (Fsp3) is 0.389. The quantitative estimate of drug-likeness (QED) is 0.655. The molecule has 1 aromatic carbocycles. The molecule has 0 N–H and O–H groups in total. The Labute approximate surface area is 155 Å². The van der Waals surface area contributed by atoms with Crippen molar-refractivity contribution in [2.45, 2.75) is 25.6 Å². The van der Waals surface area contributed by atoms with Gasteiger partial charge in [0.1, 0.15) is 12.2 Å². The monoisotopic (exact) mass is 368 g/mol. The highest BCUT2D eigenvalue weighted by Gasteiger charge is 2.28. The van der Waals surface area contributed by atoms with E-state index in [1.165, 1.54) is 10.9 Å². The zero-order valence-electron chi connectivity index (χ0n) is 15.0. The molecule has 1 amide bonds. The summed E-state index contributed by atoms with van der Waals surface area (Å²) in [6, 6.07) is 7.21. The molecule has 4 rings (SSSR count). The molecule has 1 atom stereocenters. The Hall–Kier alpha value is -3.07. The number of aromatic nitrogens is 5. The van der Waals surface area contributed by atoms with Crippen molar-refractivity contribution in [3.63, 3.8) is 0 Å². The first-order chi connectivity index (χ1) is 13.2. The number of likely N-dealkylation sites (tertiary alicyclic amines) is 1. The van der Waals surface area contributed by atoms with Crippen molar-refractivity contribution in [3.8, 4) is 0 Å². The maximum Gasteiger partial charge on any atom is 0.261 e. The van der Waals surface area contributed by atoms with Gasteiger partial charge < -0.3 is 9.64 Å². The van der Waals surface area contributed by atoms with Crippen LogP contribution in [-0.4, -0.2) is 55.6 Å². The average molecular weight is 368 g/mol. The first kappa shape index (κ1) is 17.3. The number of rotatable bonds is 5. The van der Waals surface area contributed by atoms with E-state index in [2.05, 4.69) is 15.3 Å². The molecule has 27 heavy (non-hydrogen) atoms. The van der Waals surface area contributed by atoms with Crippen LogP contribution in [0.2, 0.25) is 0 Å². The Bertz CT molecular complexity index is 1030. The third-order valence-corrected chi connectivity index (χ3v) is 4.78. The standard InChI is InChI=1S/C18H20N6O3/c1-27-11-13-8-24(21-20-13)14-6-7-22(9-14)17(25)10-23-12-19-16-5-3-2-4-15(16)18(23)26/h2-5,8,12,14H,6-7,9-11H2,1H3/t14-/m1/s1. The van der Waals surface area contributed by atoms with Crippen LogP contribution in [0.15, 0.2) is 41.6 Å². The van der Waals surface area contributed by atoms with Crippen molar-refractivity contribution in [2.75, 3.05) is 20.2 Å². The highest BCUT2D eigenvalue weighted by molar-refractivity contribution is 5.79. The highest BCUT2D eigenvalue weighted by atomic mass is 16.5. The summed E-state index contributed by atoms with van der Waals surface area (Å²) in [5.74, 6) is -0.103. The second-order valence-corrected chi connectivity index (χ2v) is 6.60. The molecule has 9 heteroatoms. The molecule has 1 aliphatic heterocycles. The van der Waals surface area contributed by atoms with Gasteiger partial charge in [0.15, 0.2) is 0 Å². The van der Waals surface area contributed by atoms with E-state index in [9.17, 15) is 9.59 Å². The molecule has 3 aromatic rings. The predicted octanol–water partition coefficient (Wildman–Crippen LogP) is 0.608. The number of hydrogen-bond donors (Lipinski definition) is 0. The lowest BCUT2D eigenvalue weighted by molar-refractivity contribution is -0.130. The van der Waals surface area contributed by atoms with E-state index >= 15 is 0 Å². The number of methoxy groups -OCH3 is 1. The van der Waals surface area contributed by atoms with E-state index in [-0.39, 0.29) is 24.1 Å². The number of ether oxygens (including phenoxy) is 1. The van der Waals surface area contributed by atoms with Crippen molar-refractivity contribution < 1.29 is 9.53 Å². The van der Waals surface area contributed by atoms with E-state index in [1.807, 2.05) is 12.3 Å². The lowest BCUT2D eigenvalue weighted by Crippen LogP contribution is -2.35. The molecule has 2 aromatic heterocycles. The van der Waals surface area contributed by atoms with E-state index in [4.69, 9.17) is 4.74 Å². The molecule has 9 nitrogen and oxygen atoms in total. The number of fused-ring (bicyclic) bond motifs is 1. The summed E-state index contributed by atoms with van der Waals surface area (Å²) in [6.45, 7) is 1.56. The summed E-state index contributed by atoms with van der Waals surface area (Å²) < 4.78 is 8.20. The fourth-order valence-electron chi connectivity index (χ4n) is 3.35. The summed E-state index contributed by atoms with van der Waals surface area (Å²) in [5.41, 5.74) is 1.19. The van der Waals surface area contributed by atoms with Crippen molar-refractivity contribution in [3.05, 3.63) is 52.8 Å². The van der Waals surface area contributed by atoms with Crippen molar-refractivity contribution >= 4 is 16.8 Å². The van der Waals surface area contributed by atoms with Gasteiger partial charge in [0, 0.05) is 20.2 Å². The summed E-state index contributed by atoms with van der Waals surface area (Å²) >= 11 is 0. The maximum atomic E-state index is 12.7. The minimum Gasteiger partial charge on any atom is -0.378 e. The van der Waals surface area contributed by atoms with Crippen LogP contribution < -0.4 is 5.56 Å². The summed E-state index contributed by atoms with van der Waals surface area (Å²) in [7, 11) is 1.61. The van der Waals surface area contributed by atoms with Gasteiger partial charge in [-0.2, -0.15) is 0 Å². The van der Waals surface area contributed by atoms with Crippen molar-refractivity contribution in [1.82, 2.24) is 29.4 Å².